The minimum absolute atomic E-state index is 0.255. The molecule has 1 aromatic carbocycles. The van der Waals surface area contributed by atoms with Crippen molar-refractivity contribution in [3.05, 3.63) is 35.4 Å². The van der Waals surface area contributed by atoms with Gasteiger partial charge in [-0.1, -0.05) is 0 Å². The summed E-state index contributed by atoms with van der Waals surface area (Å²) in [5, 5.41) is 6.26. The molecule has 0 amide bonds. The number of rotatable bonds is 9. The van der Waals surface area contributed by atoms with Crippen LogP contribution in [-0.2, 0) is 15.9 Å². The number of aliphatic imine (C=N–C) groups is 1. The summed E-state index contributed by atoms with van der Waals surface area (Å²) >= 11 is 0. The van der Waals surface area contributed by atoms with Gasteiger partial charge in [0.25, 0.3) is 0 Å². The number of hydrogen-bond acceptors (Lipinski definition) is 3. The summed E-state index contributed by atoms with van der Waals surface area (Å²) in [6, 6.07) is 3.49. The van der Waals surface area contributed by atoms with E-state index in [0.29, 0.717) is 37.7 Å². The molecule has 5 nitrogen and oxygen atoms in total. The molecule has 1 aromatic rings. The molecule has 0 saturated carbocycles. The molecule has 140 valence electrons. The highest BCUT2D eigenvalue weighted by molar-refractivity contribution is 5.79. The van der Waals surface area contributed by atoms with Crippen molar-refractivity contribution >= 4 is 5.96 Å². The lowest BCUT2D eigenvalue weighted by molar-refractivity contribution is 0.0168. The van der Waals surface area contributed by atoms with Gasteiger partial charge in [-0.3, -0.25) is 4.99 Å². The highest BCUT2D eigenvalue weighted by atomic mass is 19.1. The lowest BCUT2D eigenvalue weighted by atomic mass is 10.1. The topological polar surface area (TPSA) is 54.9 Å². The summed E-state index contributed by atoms with van der Waals surface area (Å²) in [5.74, 6) is -0.188. The number of guanidine groups is 1. The molecule has 0 radical (unpaired) electrons. The van der Waals surface area contributed by atoms with E-state index < -0.39 is 11.6 Å². The summed E-state index contributed by atoms with van der Waals surface area (Å²) in [6.07, 6.45) is 3.70. The fourth-order valence-corrected chi connectivity index (χ4v) is 2.64. The van der Waals surface area contributed by atoms with Gasteiger partial charge in [0.1, 0.15) is 11.6 Å². The van der Waals surface area contributed by atoms with Gasteiger partial charge in [-0.15, -0.1) is 0 Å². The third-order valence-electron chi connectivity index (χ3n) is 4.00. The van der Waals surface area contributed by atoms with E-state index >= 15 is 0 Å². The minimum Gasteiger partial charge on any atom is -0.379 e. The van der Waals surface area contributed by atoms with Gasteiger partial charge in [0.05, 0.1) is 12.7 Å². The highest BCUT2D eigenvalue weighted by Gasteiger charge is 2.14. The molecule has 0 aliphatic carbocycles. The van der Waals surface area contributed by atoms with Gasteiger partial charge in [0.15, 0.2) is 5.96 Å². The van der Waals surface area contributed by atoms with E-state index in [2.05, 4.69) is 15.6 Å². The molecule has 1 atom stereocenters. The van der Waals surface area contributed by atoms with Crippen molar-refractivity contribution in [2.75, 3.05) is 40.0 Å². The Morgan fingerprint density at radius 3 is 2.92 bits per heavy atom. The van der Waals surface area contributed by atoms with Crippen LogP contribution in [0.15, 0.2) is 23.2 Å². The molecule has 2 N–H and O–H groups in total. The van der Waals surface area contributed by atoms with Crippen LogP contribution in [0.4, 0.5) is 8.78 Å². The van der Waals surface area contributed by atoms with Crippen molar-refractivity contribution in [1.29, 1.82) is 0 Å². The molecule has 1 aliphatic rings. The molecule has 25 heavy (non-hydrogen) atoms. The van der Waals surface area contributed by atoms with Crippen molar-refractivity contribution in [2.45, 2.75) is 31.8 Å². The second kappa shape index (κ2) is 11.0. The van der Waals surface area contributed by atoms with Crippen LogP contribution in [0.2, 0.25) is 0 Å². The molecule has 1 fully saturated rings. The van der Waals surface area contributed by atoms with E-state index in [9.17, 15) is 8.78 Å². The molecule has 1 saturated heterocycles. The Hall–Kier alpha value is -1.73. The van der Waals surface area contributed by atoms with Crippen LogP contribution in [-0.4, -0.2) is 52.0 Å². The van der Waals surface area contributed by atoms with E-state index in [1.165, 1.54) is 6.07 Å². The van der Waals surface area contributed by atoms with E-state index in [-0.39, 0.29) is 6.10 Å². The van der Waals surface area contributed by atoms with Gasteiger partial charge in [0.2, 0.25) is 0 Å². The van der Waals surface area contributed by atoms with Crippen molar-refractivity contribution in [2.24, 2.45) is 4.99 Å². The number of benzene rings is 1. The first-order valence-corrected chi connectivity index (χ1v) is 8.77. The maximum absolute atomic E-state index is 13.5. The molecule has 1 heterocycles. The largest absolute Gasteiger partial charge is 0.379 e. The average molecular weight is 355 g/mol. The van der Waals surface area contributed by atoms with Crippen LogP contribution >= 0.6 is 0 Å². The zero-order valence-corrected chi connectivity index (χ0v) is 14.7. The fourth-order valence-electron chi connectivity index (χ4n) is 2.64. The van der Waals surface area contributed by atoms with Crippen LogP contribution in [0.25, 0.3) is 0 Å². The minimum atomic E-state index is -0.429. The summed E-state index contributed by atoms with van der Waals surface area (Å²) in [5.41, 5.74) is 0.352. The van der Waals surface area contributed by atoms with Crippen molar-refractivity contribution in [3.8, 4) is 0 Å². The first-order chi connectivity index (χ1) is 12.2. The molecule has 1 aliphatic heterocycles. The lowest BCUT2D eigenvalue weighted by Gasteiger charge is -2.13. The van der Waals surface area contributed by atoms with E-state index in [0.717, 1.165) is 44.5 Å². The Bertz CT molecular complexity index is 549. The zero-order chi connectivity index (χ0) is 17.9. The summed E-state index contributed by atoms with van der Waals surface area (Å²) in [6.45, 7) is 3.36. The van der Waals surface area contributed by atoms with Gasteiger partial charge in [-0.25, -0.2) is 8.78 Å². The number of halogens is 2. The highest BCUT2D eigenvalue weighted by Crippen LogP contribution is 2.12. The number of hydrogen-bond donors (Lipinski definition) is 2. The van der Waals surface area contributed by atoms with Crippen molar-refractivity contribution < 1.29 is 18.3 Å². The molecular weight excluding hydrogens is 328 g/mol. The third-order valence-corrected chi connectivity index (χ3v) is 4.00. The first-order valence-electron chi connectivity index (χ1n) is 8.77. The summed E-state index contributed by atoms with van der Waals surface area (Å²) in [7, 11) is 1.67. The zero-order valence-electron chi connectivity index (χ0n) is 14.7. The Kier molecular flexibility index (Phi) is 8.62. The monoisotopic (exact) mass is 355 g/mol. The normalized spacial score (nSPS) is 17.7. The maximum Gasteiger partial charge on any atom is 0.190 e. The summed E-state index contributed by atoms with van der Waals surface area (Å²) in [4.78, 5) is 4.11. The molecule has 1 unspecified atom stereocenters. The van der Waals surface area contributed by atoms with Crippen LogP contribution < -0.4 is 10.6 Å². The molecule has 2 rings (SSSR count). The van der Waals surface area contributed by atoms with Gasteiger partial charge in [-0.05, 0) is 49.4 Å². The number of nitrogens with one attached hydrogen (secondary N) is 2. The second-order valence-corrected chi connectivity index (χ2v) is 5.97. The Balaban J connectivity index is 1.55. The fraction of sp³-hybridized carbons (Fsp3) is 0.611. The van der Waals surface area contributed by atoms with E-state index in [4.69, 9.17) is 9.47 Å². The average Bonchev–Trinajstić information content (AvgIpc) is 3.12. The molecule has 0 aromatic heterocycles. The third kappa shape index (κ3) is 7.36. The second-order valence-electron chi connectivity index (χ2n) is 5.97. The van der Waals surface area contributed by atoms with Crippen LogP contribution in [0, 0.1) is 11.6 Å². The lowest BCUT2D eigenvalue weighted by Crippen LogP contribution is -2.39. The van der Waals surface area contributed by atoms with Gasteiger partial charge in [0, 0.05) is 33.4 Å². The molecule has 7 heteroatoms. The van der Waals surface area contributed by atoms with Gasteiger partial charge < -0.3 is 20.1 Å². The maximum atomic E-state index is 13.5. The standard InChI is InChI=1S/C18H27F2N3O2/c1-21-18(22-8-3-10-24-13-16-4-2-11-25-16)23-9-7-14-12-15(19)5-6-17(14)20/h5-6,12,16H,2-4,7-11,13H2,1H3,(H2,21,22,23). The van der Waals surface area contributed by atoms with Gasteiger partial charge >= 0.3 is 0 Å². The van der Waals surface area contributed by atoms with Gasteiger partial charge in [-0.2, -0.15) is 0 Å². The molecule has 0 bridgehead atoms. The van der Waals surface area contributed by atoms with Crippen LogP contribution in [0.3, 0.4) is 0 Å². The smallest absolute Gasteiger partial charge is 0.190 e. The quantitative estimate of drug-likeness (QED) is 0.405. The Labute approximate surface area is 147 Å². The van der Waals surface area contributed by atoms with Crippen LogP contribution in [0.1, 0.15) is 24.8 Å². The number of ether oxygens (including phenoxy) is 2. The van der Waals surface area contributed by atoms with E-state index in [1.54, 1.807) is 7.05 Å². The Morgan fingerprint density at radius 2 is 2.16 bits per heavy atom. The predicted octanol–water partition coefficient (Wildman–Crippen LogP) is 2.26. The van der Waals surface area contributed by atoms with Crippen LogP contribution in [0.5, 0.6) is 0 Å². The molecule has 0 spiro atoms. The summed E-state index contributed by atoms with van der Waals surface area (Å²) < 4.78 is 37.8. The first kappa shape index (κ1) is 19.6. The van der Waals surface area contributed by atoms with Crippen molar-refractivity contribution in [1.82, 2.24) is 10.6 Å². The number of nitrogens with zero attached hydrogens (tertiary/aromatic N) is 1. The Morgan fingerprint density at radius 1 is 1.32 bits per heavy atom. The van der Waals surface area contributed by atoms with E-state index in [1.807, 2.05) is 0 Å². The predicted molar refractivity (Wildman–Crippen MR) is 93.8 cm³/mol. The van der Waals surface area contributed by atoms with Crippen molar-refractivity contribution in [3.63, 3.8) is 0 Å². The molecular formula is C18H27F2N3O2. The SMILES string of the molecule is CN=C(NCCCOCC1CCCO1)NCCc1cc(F)ccc1F.